The van der Waals surface area contributed by atoms with Crippen LogP contribution in [0, 0.1) is 11.8 Å². The summed E-state index contributed by atoms with van der Waals surface area (Å²) in [5, 5.41) is 45.0. The number of nitrogens with two attached hydrogens (primary N) is 1. The number of ether oxygens (including phenoxy) is 1. The minimum Gasteiger partial charge on any atom is -0.510 e. The number of primary amides is 1. The van der Waals surface area contributed by atoms with Crippen LogP contribution in [0.15, 0.2) is 52.5 Å². The summed E-state index contributed by atoms with van der Waals surface area (Å²) in [4.78, 5) is 54.6. The van der Waals surface area contributed by atoms with Gasteiger partial charge in [0, 0.05) is 25.1 Å². The van der Waals surface area contributed by atoms with Crippen LogP contribution in [0.5, 0.6) is 5.75 Å². The summed E-state index contributed by atoms with van der Waals surface area (Å²) in [7, 11) is 6.02. The first-order chi connectivity index (χ1) is 20.1. The molecule has 1 aromatic carbocycles. The Kier molecular flexibility index (Phi) is 8.31. The van der Waals surface area contributed by atoms with Gasteiger partial charge >= 0.3 is 6.09 Å². The molecule has 0 bridgehead atoms. The fourth-order valence-corrected chi connectivity index (χ4v) is 6.75. The number of phenolic OH excluding ortho intramolecular Hbond substituents is 1. The Morgan fingerprint density at radius 3 is 2.37 bits per heavy atom. The highest BCUT2D eigenvalue weighted by atomic mass is 16.5. The fourth-order valence-electron chi connectivity index (χ4n) is 6.75. The Bertz CT molecular complexity index is 1550. The first kappa shape index (κ1) is 31.5. The molecule has 0 saturated carbocycles. The van der Waals surface area contributed by atoms with Gasteiger partial charge in [0.05, 0.1) is 18.7 Å². The van der Waals surface area contributed by atoms with Crippen molar-refractivity contribution in [3.05, 3.63) is 69.2 Å². The van der Waals surface area contributed by atoms with E-state index in [1.54, 1.807) is 27.2 Å². The SMILES string of the molecule is C/C=C\C(CN(C)C(=O)OC)=C(/C)c1ccc(O)c2c1C[C@H]1C[C@H]3[C@H](N(C)C)C(O)=C(C(N)=O)C(=O)[C@@]3(O)C(O)=C1C2=O. The molecule has 4 atom stereocenters. The molecule has 230 valence electrons. The van der Waals surface area contributed by atoms with Crippen molar-refractivity contribution in [1.29, 1.82) is 0 Å². The second kappa shape index (κ2) is 11.3. The number of aromatic hydroxyl groups is 1. The molecule has 0 saturated heterocycles. The van der Waals surface area contributed by atoms with Gasteiger partial charge in [-0.2, -0.15) is 0 Å². The van der Waals surface area contributed by atoms with Crippen molar-refractivity contribution in [1.82, 2.24) is 9.80 Å². The first-order valence-electron chi connectivity index (χ1n) is 13.7. The molecule has 0 radical (unpaired) electrons. The van der Waals surface area contributed by atoms with E-state index in [-0.39, 0.29) is 36.3 Å². The van der Waals surface area contributed by atoms with Crippen molar-refractivity contribution in [2.24, 2.45) is 17.6 Å². The summed E-state index contributed by atoms with van der Waals surface area (Å²) >= 11 is 0. The Hall–Kier alpha value is -4.42. The number of amides is 2. The zero-order valence-electron chi connectivity index (χ0n) is 25.0. The lowest BCUT2D eigenvalue weighted by Crippen LogP contribution is -2.63. The minimum atomic E-state index is -2.70. The number of likely N-dealkylation sites (N-methyl/N-ethyl adjacent to an activating group) is 2. The third-order valence-corrected chi connectivity index (χ3v) is 8.75. The van der Waals surface area contributed by atoms with E-state index in [4.69, 9.17) is 10.5 Å². The lowest BCUT2D eigenvalue weighted by molar-refractivity contribution is -0.148. The van der Waals surface area contributed by atoms with Gasteiger partial charge in [0.1, 0.15) is 22.8 Å². The highest BCUT2D eigenvalue weighted by Gasteiger charge is 2.63. The molecule has 2 amide bonds. The van der Waals surface area contributed by atoms with Crippen LogP contribution in [0.4, 0.5) is 4.79 Å². The molecule has 0 aromatic heterocycles. The molecule has 0 fully saturated rings. The van der Waals surface area contributed by atoms with Crippen molar-refractivity contribution < 1.29 is 44.3 Å². The first-order valence-corrected chi connectivity index (χ1v) is 13.7. The normalized spacial score (nSPS) is 25.8. The number of rotatable bonds is 6. The minimum absolute atomic E-state index is 0.0174. The number of hydrogen-bond donors (Lipinski definition) is 5. The Labute approximate surface area is 249 Å². The van der Waals surface area contributed by atoms with Crippen LogP contribution in [0.2, 0.25) is 0 Å². The number of hydrogen-bond acceptors (Lipinski definition) is 10. The number of phenols is 1. The maximum Gasteiger partial charge on any atom is 0.409 e. The van der Waals surface area contributed by atoms with Gasteiger partial charge in [-0.1, -0.05) is 18.2 Å². The van der Waals surface area contributed by atoms with E-state index in [1.165, 1.54) is 23.0 Å². The summed E-state index contributed by atoms with van der Waals surface area (Å²) in [5.41, 5.74) is 4.12. The number of methoxy groups -OCH3 is 1. The van der Waals surface area contributed by atoms with Gasteiger partial charge in [-0.25, -0.2) is 4.79 Å². The lowest BCUT2D eigenvalue weighted by Gasteiger charge is -2.50. The molecular weight excluding hydrogens is 558 g/mol. The molecule has 12 heteroatoms. The van der Waals surface area contributed by atoms with Gasteiger partial charge in [-0.05, 0) is 75.0 Å². The summed E-state index contributed by atoms with van der Waals surface area (Å²) in [5.74, 6) is -7.05. The van der Waals surface area contributed by atoms with E-state index in [9.17, 15) is 39.6 Å². The molecule has 0 unspecified atom stereocenters. The number of benzene rings is 1. The maximum atomic E-state index is 14.0. The smallest absolute Gasteiger partial charge is 0.409 e. The predicted octanol–water partition coefficient (Wildman–Crippen LogP) is 2.17. The molecule has 4 rings (SSSR count). The monoisotopic (exact) mass is 595 g/mol. The molecule has 1 aromatic rings. The van der Waals surface area contributed by atoms with Crippen LogP contribution in [0.1, 0.15) is 41.8 Å². The molecule has 0 heterocycles. The zero-order chi connectivity index (χ0) is 32.1. The fraction of sp³-hybridized carbons (Fsp3) is 0.419. The van der Waals surface area contributed by atoms with E-state index >= 15 is 0 Å². The maximum absolute atomic E-state index is 14.0. The Morgan fingerprint density at radius 1 is 1.16 bits per heavy atom. The average Bonchev–Trinajstić information content (AvgIpc) is 2.93. The number of ketones is 2. The largest absolute Gasteiger partial charge is 0.510 e. The molecule has 0 aliphatic heterocycles. The van der Waals surface area contributed by atoms with E-state index < -0.39 is 64.1 Å². The number of nitrogens with zero attached hydrogens (tertiary/aromatic N) is 2. The molecule has 3 aliphatic rings. The standard InChI is InChI=1S/C31H37N3O9/c1-7-8-15(13-34(5)30(41)43-6)14(2)17-9-10-20(35)22-18(17)11-16-12-19-24(33(3)4)26(37)23(29(32)40)28(39)31(19,42)27(38)21(16)25(22)36/h7-10,16,19,24,35,37-38,42H,11-13H2,1-6H3,(H2,32,40)/b8-7-,15-14-/t16-,19-,24-,31-/m0/s1. The van der Waals surface area contributed by atoms with E-state index in [0.29, 0.717) is 11.1 Å². The second-order valence-electron chi connectivity index (χ2n) is 11.4. The number of Topliss-reactive ketones (excluding diaryl/α,β-unsaturated/α-hetero) is 2. The third kappa shape index (κ3) is 4.80. The van der Waals surface area contributed by atoms with Crippen LogP contribution in [0.25, 0.3) is 5.57 Å². The summed E-state index contributed by atoms with van der Waals surface area (Å²) in [6, 6.07) is 1.95. The molecule has 3 aliphatic carbocycles. The highest BCUT2D eigenvalue weighted by Crippen LogP contribution is 2.52. The van der Waals surface area contributed by atoms with Crippen molar-refractivity contribution >= 4 is 29.1 Å². The number of fused-ring (bicyclic) bond motifs is 3. The van der Waals surface area contributed by atoms with Gasteiger partial charge in [-0.3, -0.25) is 19.3 Å². The number of aliphatic hydroxyl groups is 3. The topological polar surface area (TPSA) is 191 Å². The average molecular weight is 596 g/mol. The highest BCUT2D eigenvalue weighted by molar-refractivity contribution is 6.24. The van der Waals surface area contributed by atoms with Gasteiger partial charge in [-0.15, -0.1) is 0 Å². The summed E-state index contributed by atoms with van der Waals surface area (Å²) in [6.07, 6.45) is 3.23. The van der Waals surface area contributed by atoms with Crippen LogP contribution >= 0.6 is 0 Å². The van der Waals surface area contributed by atoms with Crippen LogP contribution in [0.3, 0.4) is 0 Å². The van der Waals surface area contributed by atoms with Crippen molar-refractivity contribution in [2.75, 3.05) is 34.8 Å². The van der Waals surface area contributed by atoms with Crippen LogP contribution < -0.4 is 5.73 Å². The zero-order valence-corrected chi connectivity index (χ0v) is 25.0. The molecule has 43 heavy (non-hydrogen) atoms. The Balaban J connectivity index is 1.92. The summed E-state index contributed by atoms with van der Waals surface area (Å²) < 4.78 is 4.82. The third-order valence-electron chi connectivity index (χ3n) is 8.75. The molecular formula is C31H37N3O9. The van der Waals surface area contributed by atoms with Crippen molar-refractivity contribution in [2.45, 2.75) is 38.3 Å². The Morgan fingerprint density at radius 2 is 1.81 bits per heavy atom. The second-order valence-corrected chi connectivity index (χ2v) is 11.4. The molecule has 0 spiro atoms. The molecule has 6 N–H and O–H groups in total. The van der Waals surface area contributed by atoms with Crippen LogP contribution in [-0.4, -0.2) is 100 Å². The summed E-state index contributed by atoms with van der Waals surface area (Å²) in [6.45, 7) is 3.85. The van der Waals surface area contributed by atoms with Gasteiger partial charge in [0.25, 0.3) is 5.91 Å². The predicted molar refractivity (Wildman–Crippen MR) is 156 cm³/mol. The number of carbonyl (C=O) groups is 4. The van der Waals surface area contributed by atoms with Crippen molar-refractivity contribution in [3.8, 4) is 5.75 Å². The van der Waals surface area contributed by atoms with Crippen LogP contribution in [-0.2, 0) is 20.7 Å². The number of allylic oxidation sites excluding steroid dienone is 3. The lowest BCUT2D eigenvalue weighted by atomic mass is 9.58. The van der Waals surface area contributed by atoms with E-state index in [0.717, 1.165) is 11.1 Å². The van der Waals surface area contributed by atoms with Crippen molar-refractivity contribution in [3.63, 3.8) is 0 Å². The quantitative estimate of drug-likeness (QED) is 0.241. The number of carbonyl (C=O) groups excluding carboxylic acids is 4. The number of aliphatic hydroxyl groups excluding tert-OH is 2. The molecule has 12 nitrogen and oxygen atoms in total. The van der Waals surface area contributed by atoms with E-state index in [1.807, 2.05) is 26.0 Å². The van der Waals surface area contributed by atoms with Gasteiger partial charge in [0.15, 0.2) is 11.4 Å². The van der Waals surface area contributed by atoms with E-state index in [2.05, 4.69) is 0 Å². The van der Waals surface area contributed by atoms with Gasteiger partial charge in [0.2, 0.25) is 5.78 Å². The van der Waals surface area contributed by atoms with Gasteiger partial charge < -0.3 is 35.8 Å².